The molecule has 2 rings (SSSR count). The molecular weight excluding hydrogens is 330 g/mol. The van der Waals surface area contributed by atoms with Crippen LogP contribution in [0.15, 0.2) is 42.5 Å². The summed E-state index contributed by atoms with van der Waals surface area (Å²) in [4.78, 5) is 25.5. The van der Waals surface area contributed by atoms with Crippen LogP contribution in [-0.2, 0) is 9.59 Å². The molecule has 0 unspecified atom stereocenters. The number of hydrogen-bond acceptors (Lipinski definition) is 4. The summed E-state index contributed by atoms with van der Waals surface area (Å²) in [5.41, 5.74) is 9.02. The number of amides is 2. The van der Waals surface area contributed by atoms with Gasteiger partial charge in [-0.1, -0.05) is 6.07 Å². The Morgan fingerprint density at radius 3 is 2.23 bits per heavy atom. The average Bonchev–Trinajstić information content (AvgIpc) is 2.57. The van der Waals surface area contributed by atoms with Gasteiger partial charge in [-0.15, -0.1) is 0 Å². The average molecular weight is 355 g/mol. The Balaban J connectivity index is 2.11. The minimum Gasteiger partial charge on any atom is -0.497 e. The second kappa shape index (κ2) is 8.89. The number of carbonyl (C=O) groups excluding carboxylic acids is 2. The first-order valence-electron chi connectivity index (χ1n) is 8.43. The molecule has 0 saturated carbocycles. The Hall–Kier alpha value is -3.02. The van der Waals surface area contributed by atoms with E-state index in [2.05, 4.69) is 5.32 Å². The fourth-order valence-electron chi connectivity index (χ4n) is 2.76. The van der Waals surface area contributed by atoms with E-state index in [1.807, 2.05) is 61.2 Å². The van der Waals surface area contributed by atoms with Crippen molar-refractivity contribution in [3.05, 3.63) is 53.6 Å². The molecule has 0 bridgehead atoms. The number of primary amides is 1. The Morgan fingerprint density at radius 1 is 1.08 bits per heavy atom. The third kappa shape index (κ3) is 5.81. The Morgan fingerprint density at radius 2 is 1.69 bits per heavy atom. The van der Waals surface area contributed by atoms with Crippen molar-refractivity contribution in [1.82, 2.24) is 0 Å². The molecule has 0 heterocycles. The molecule has 26 heavy (non-hydrogen) atoms. The second-order valence-electron chi connectivity index (χ2n) is 6.26. The van der Waals surface area contributed by atoms with E-state index in [1.165, 1.54) is 0 Å². The lowest BCUT2D eigenvalue weighted by molar-refractivity contribution is -0.118. The molecule has 2 aromatic rings. The van der Waals surface area contributed by atoms with Crippen molar-refractivity contribution in [3.8, 4) is 5.75 Å². The fourth-order valence-corrected chi connectivity index (χ4v) is 2.76. The molecule has 0 aliphatic rings. The van der Waals surface area contributed by atoms with Crippen molar-refractivity contribution < 1.29 is 14.3 Å². The van der Waals surface area contributed by atoms with Crippen LogP contribution in [0, 0.1) is 13.8 Å². The number of ether oxygens (including phenoxy) is 1. The summed E-state index contributed by atoms with van der Waals surface area (Å²) in [5.74, 6) is 0.164. The minimum absolute atomic E-state index is 0.118. The number of anilines is 2. The van der Waals surface area contributed by atoms with Crippen LogP contribution >= 0.6 is 0 Å². The molecule has 0 aliphatic carbocycles. The molecule has 0 saturated heterocycles. The van der Waals surface area contributed by atoms with Gasteiger partial charge in [0.25, 0.3) is 0 Å². The summed E-state index contributed by atoms with van der Waals surface area (Å²) < 4.78 is 5.16. The maximum atomic E-state index is 12.5. The van der Waals surface area contributed by atoms with Crippen LogP contribution in [0.4, 0.5) is 11.4 Å². The molecule has 2 amide bonds. The normalized spacial score (nSPS) is 10.3. The van der Waals surface area contributed by atoms with E-state index in [-0.39, 0.29) is 18.9 Å². The zero-order chi connectivity index (χ0) is 19.1. The second-order valence-corrected chi connectivity index (χ2v) is 6.26. The lowest BCUT2D eigenvalue weighted by Gasteiger charge is -2.24. The SMILES string of the molecule is COc1ccc(N(CCC(N)=O)CC(=O)Nc2cc(C)cc(C)c2)cc1. The van der Waals surface area contributed by atoms with E-state index in [0.717, 1.165) is 28.3 Å². The maximum Gasteiger partial charge on any atom is 0.243 e. The minimum atomic E-state index is -0.404. The zero-order valence-corrected chi connectivity index (χ0v) is 15.4. The Bertz CT molecular complexity index is 752. The van der Waals surface area contributed by atoms with Crippen LogP contribution in [0.25, 0.3) is 0 Å². The van der Waals surface area contributed by atoms with Gasteiger partial charge in [-0.05, 0) is 61.4 Å². The summed E-state index contributed by atoms with van der Waals surface area (Å²) in [6, 6.07) is 13.2. The summed E-state index contributed by atoms with van der Waals surface area (Å²) in [6.07, 6.45) is 0.170. The number of carbonyl (C=O) groups is 2. The number of aryl methyl sites for hydroxylation is 2. The largest absolute Gasteiger partial charge is 0.497 e. The van der Waals surface area contributed by atoms with Crippen LogP contribution in [0.3, 0.4) is 0 Å². The number of nitrogens with zero attached hydrogens (tertiary/aromatic N) is 1. The van der Waals surface area contributed by atoms with Gasteiger partial charge in [0.1, 0.15) is 5.75 Å². The van der Waals surface area contributed by atoms with E-state index < -0.39 is 5.91 Å². The number of benzene rings is 2. The first-order valence-corrected chi connectivity index (χ1v) is 8.43. The van der Waals surface area contributed by atoms with E-state index in [9.17, 15) is 9.59 Å². The molecular formula is C20H25N3O3. The molecule has 0 spiro atoms. The third-order valence-corrected chi connectivity index (χ3v) is 3.91. The van der Waals surface area contributed by atoms with Crippen LogP contribution in [-0.4, -0.2) is 32.0 Å². The van der Waals surface area contributed by atoms with E-state index in [0.29, 0.717) is 6.54 Å². The smallest absolute Gasteiger partial charge is 0.243 e. The Labute approximate surface area is 153 Å². The number of rotatable bonds is 8. The highest BCUT2D eigenvalue weighted by atomic mass is 16.5. The maximum absolute atomic E-state index is 12.5. The van der Waals surface area contributed by atoms with Gasteiger partial charge in [0.05, 0.1) is 13.7 Å². The van der Waals surface area contributed by atoms with Crippen molar-refractivity contribution in [2.24, 2.45) is 5.73 Å². The molecule has 6 heteroatoms. The summed E-state index contributed by atoms with van der Waals surface area (Å²) in [6.45, 7) is 4.45. The molecule has 0 atom stereocenters. The van der Waals surface area contributed by atoms with E-state index >= 15 is 0 Å². The molecule has 0 aliphatic heterocycles. The van der Waals surface area contributed by atoms with Crippen LogP contribution in [0.2, 0.25) is 0 Å². The van der Waals surface area contributed by atoms with Crippen LogP contribution in [0.5, 0.6) is 5.75 Å². The summed E-state index contributed by atoms with van der Waals surface area (Å²) in [5, 5.41) is 2.91. The predicted molar refractivity (Wildman–Crippen MR) is 104 cm³/mol. The molecule has 3 N–H and O–H groups in total. The highest BCUT2D eigenvalue weighted by Gasteiger charge is 2.13. The zero-order valence-electron chi connectivity index (χ0n) is 15.4. The predicted octanol–water partition coefficient (Wildman–Crippen LogP) is 2.63. The molecule has 0 fully saturated rings. The molecule has 2 aromatic carbocycles. The first-order chi connectivity index (χ1) is 12.4. The molecule has 0 aromatic heterocycles. The summed E-state index contributed by atoms with van der Waals surface area (Å²) in [7, 11) is 1.59. The van der Waals surface area contributed by atoms with Crippen molar-refractivity contribution in [1.29, 1.82) is 0 Å². The van der Waals surface area contributed by atoms with Gasteiger partial charge >= 0.3 is 0 Å². The molecule has 0 radical (unpaired) electrons. The highest BCUT2D eigenvalue weighted by molar-refractivity contribution is 5.94. The quantitative estimate of drug-likeness (QED) is 0.762. The van der Waals surface area contributed by atoms with Gasteiger partial charge < -0.3 is 20.7 Å². The standard InChI is InChI=1S/C20H25N3O3/c1-14-10-15(2)12-16(11-14)22-20(25)13-23(9-8-19(21)24)17-4-6-18(26-3)7-5-17/h4-7,10-12H,8-9,13H2,1-3H3,(H2,21,24)(H,22,25). The monoisotopic (exact) mass is 355 g/mol. The lowest BCUT2D eigenvalue weighted by Crippen LogP contribution is -2.35. The number of nitrogens with one attached hydrogen (secondary N) is 1. The fraction of sp³-hybridized carbons (Fsp3) is 0.300. The van der Waals surface area contributed by atoms with Gasteiger partial charge in [-0.3, -0.25) is 9.59 Å². The lowest BCUT2D eigenvalue weighted by atomic mass is 10.1. The van der Waals surface area contributed by atoms with E-state index in [4.69, 9.17) is 10.5 Å². The van der Waals surface area contributed by atoms with E-state index in [1.54, 1.807) is 7.11 Å². The number of methoxy groups -OCH3 is 1. The van der Waals surface area contributed by atoms with Crippen molar-refractivity contribution in [2.45, 2.75) is 20.3 Å². The van der Waals surface area contributed by atoms with Gasteiger partial charge in [0, 0.05) is 24.3 Å². The highest BCUT2D eigenvalue weighted by Crippen LogP contribution is 2.20. The van der Waals surface area contributed by atoms with Gasteiger partial charge in [-0.25, -0.2) is 0 Å². The van der Waals surface area contributed by atoms with Crippen molar-refractivity contribution >= 4 is 23.2 Å². The van der Waals surface area contributed by atoms with Crippen molar-refractivity contribution in [2.75, 3.05) is 30.4 Å². The van der Waals surface area contributed by atoms with Gasteiger partial charge in [0.2, 0.25) is 11.8 Å². The third-order valence-electron chi connectivity index (χ3n) is 3.91. The van der Waals surface area contributed by atoms with Gasteiger partial charge in [0.15, 0.2) is 0 Å². The molecule has 138 valence electrons. The van der Waals surface area contributed by atoms with Crippen molar-refractivity contribution in [3.63, 3.8) is 0 Å². The summed E-state index contributed by atoms with van der Waals surface area (Å²) >= 11 is 0. The van der Waals surface area contributed by atoms with Crippen LogP contribution < -0.4 is 20.7 Å². The molecule has 6 nitrogen and oxygen atoms in total. The number of hydrogen-bond donors (Lipinski definition) is 2. The van der Waals surface area contributed by atoms with Crippen LogP contribution in [0.1, 0.15) is 17.5 Å². The van der Waals surface area contributed by atoms with Gasteiger partial charge in [-0.2, -0.15) is 0 Å². The topological polar surface area (TPSA) is 84.7 Å². The Kier molecular flexibility index (Phi) is 6.60. The first kappa shape index (κ1) is 19.3. The number of nitrogens with two attached hydrogens (primary N) is 1.